The van der Waals surface area contributed by atoms with E-state index in [0.717, 1.165) is 57.3 Å². The smallest absolute Gasteiger partial charge is 0.121 e. The molecule has 0 aliphatic carbocycles. The third-order valence-electron chi connectivity index (χ3n) is 7.46. The van der Waals surface area contributed by atoms with E-state index in [0.29, 0.717) is 5.92 Å². The minimum Gasteiger partial charge on any atom is -0.500 e. The van der Waals surface area contributed by atoms with Gasteiger partial charge >= 0.3 is 0 Å². The van der Waals surface area contributed by atoms with Crippen LogP contribution in [0.4, 0.5) is 0 Å². The second-order valence-corrected chi connectivity index (χ2v) is 19.3. The molecule has 0 spiro atoms. The number of pyridine rings is 3. The molecule has 4 heterocycles. The fraction of sp³-hybridized carbons (Fsp3) is 0.308. The van der Waals surface area contributed by atoms with E-state index in [1.807, 2.05) is 48.8 Å². The molecule has 0 saturated carbocycles. The number of para-hydroxylation sites is 1. The first-order valence-electron chi connectivity index (χ1n) is 15.5. The molecule has 6 heteroatoms. The molecule has 4 nitrogen and oxygen atoms in total. The summed E-state index contributed by atoms with van der Waals surface area (Å²) in [6, 6.07) is 25.8. The average molecular weight is 790 g/mol. The van der Waals surface area contributed by atoms with Crippen LogP contribution in [0.1, 0.15) is 45.7 Å². The van der Waals surface area contributed by atoms with Crippen LogP contribution in [-0.4, -0.2) is 23.0 Å². The number of furan rings is 1. The van der Waals surface area contributed by atoms with Gasteiger partial charge in [0.25, 0.3) is 0 Å². The van der Waals surface area contributed by atoms with Crippen molar-refractivity contribution in [2.75, 3.05) is 0 Å². The largest absolute Gasteiger partial charge is 0.500 e. The van der Waals surface area contributed by atoms with Crippen LogP contribution in [0.15, 0.2) is 89.7 Å². The van der Waals surface area contributed by atoms with E-state index in [1.165, 1.54) is 16.3 Å². The molecule has 6 aromatic rings. The Morgan fingerprint density at radius 2 is 1.62 bits per heavy atom. The van der Waals surface area contributed by atoms with Crippen LogP contribution in [0, 0.1) is 23.6 Å². The molecule has 45 heavy (non-hydrogen) atoms. The molecular formula is C39H43IrN3OSi-2. The summed E-state index contributed by atoms with van der Waals surface area (Å²) in [5, 5.41) is 3.56. The number of rotatable bonds is 6. The molecule has 0 N–H and O–H groups in total. The Labute approximate surface area is 283 Å². The minimum atomic E-state index is -1.37. The van der Waals surface area contributed by atoms with Crippen molar-refractivity contribution < 1.29 is 24.5 Å². The van der Waals surface area contributed by atoms with Gasteiger partial charge in [-0.05, 0) is 70.7 Å². The van der Waals surface area contributed by atoms with Crippen molar-refractivity contribution in [1.29, 1.82) is 0 Å². The normalized spacial score (nSPS) is 11.8. The second kappa shape index (κ2) is 14.3. The first kappa shape index (κ1) is 34.4. The Kier molecular flexibility index (Phi) is 11.0. The van der Waals surface area contributed by atoms with E-state index in [4.69, 9.17) is 9.40 Å². The summed E-state index contributed by atoms with van der Waals surface area (Å²) in [7, 11) is -1.37. The first-order chi connectivity index (χ1) is 20.9. The zero-order valence-electron chi connectivity index (χ0n) is 27.7. The van der Waals surface area contributed by atoms with Crippen molar-refractivity contribution in [3.8, 4) is 22.5 Å². The molecule has 4 aromatic heterocycles. The van der Waals surface area contributed by atoms with Gasteiger partial charge in [0.15, 0.2) is 0 Å². The van der Waals surface area contributed by atoms with E-state index in [-0.39, 0.29) is 25.5 Å². The number of benzene rings is 2. The number of nitrogens with zero attached hydrogens (tertiary/aromatic N) is 3. The first-order valence-corrected chi connectivity index (χ1v) is 19.0. The third kappa shape index (κ3) is 8.64. The second-order valence-electron chi connectivity index (χ2n) is 14.2. The van der Waals surface area contributed by atoms with E-state index in [2.05, 4.69) is 113 Å². The molecule has 0 bridgehead atoms. The van der Waals surface area contributed by atoms with Gasteiger partial charge in [0.05, 0.1) is 13.7 Å². The predicted octanol–water partition coefficient (Wildman–Crippen LogP) is 9.72. The van der Waals surface area contributed by atoms with Gasteiger partial charge in [0, 0.05) is 37.9 Å². The van der Waals surface area contributed by atoms with Crippen LogP contribution in [0.3, 0.4) is 0 Å². The minimum absolute atomic E-state index is 0. The maximum absolute atomic E-state index is 6.05. The Balaban J connectivity index is 0.000000201. The monoisotopic (exact) mass is 790 g/mol. The number of hydrogen-bond acceptors (Lipinski definition) is 4. The molecule has 0 aliphatic rings. The van der Waals surface area contributed by atoms with Gasteiger partial charge in [-0.25, -0.2) is 0 Å². The fourth-order valence-electron chi connectivity index (χ4n) is 5.56. The van der Waals surface area contributed by atoms with Crippen LogP contribution in [0.25, 0.3) is 44.5 Å². The van der Waals surface area contributed by atoms with Crippen molar-refractivity contribution in [2.45, 2.75) is 67.1 Å². The standard InChI is InChI=1S/C20H17N2O.C19H26NSi.Ir/c1-13(2)9-14-7-8-22-18(10-14)17-12-21-11-16-15-5-3-4-6-19(15)23-20(16)17;1-19(2,3)13-16-12-17(15-10-8-7-9-11-15)20-14-18(16)21(4,5)6;/h3-8,10-11,13H,9H2,1-2H3;7-10,12,14H,13H2,1-6H3;/q2*-1;. The van der Waals surface area contributed by atoms with Gasteiger partial charge in [-0.1, -0.05) is 101 Å². The zero-order valence-corrected chi connectivity index (χ0v) is 31.1. The summed E-state index contributed by atoms with van der Waals surface area (Å²) >= 11 is 0. The molecule has 0 saturated heterocycles. The molecule has 0 amide bonds. The Morgan fingerprint density at radius 1 is 0.867 bits per heavy atom. The predicted molar refractivity (Wildman–Crippen MR) is 187 cm³/mol. The van der Waals surface area contributed by atoms with Crippen molar-refractivity contribution >= 4 is 35.2 Å². The van der Waals surface area contributed by atoms with Gasteiger partial charge in [0.1, 0.15) is 5.58 Å². The number of aromatic nitrogens is 3. The molecular weight excluding hydrogens is 747 g/mol. The molecule has 0 fully saturated rings. The van der Waals surface area contributed by atoms with E-state index in [1.54, 1.807) is 0 Å². The molecule has 0 unspecified atom stereocenters. The van der Waals surface area contributed by atoms with E-state index in [9.17, 15) is 0 Å². The Bertz CT molecular complexity index is 1870. The maximum atomic E-state index is 6.05. The van der Waals surface area contributed by atoms with Crippen LogP contribution < -0.4 is 5.19 Å². The molecule has 6 rings (SSSR count). The third-order valence-corrected chi connectivity index (χ3v) is 9.53. The number of hydrogen-bond donors (Lipinski definition) is 0. The fourth-order valence-corrected chi connectivity index (χ4v) is 7.14. The molecule has 0 atom stereocenters. The zero-order chi connectivity index (χ0) is 31.5. The van der Waals surface area contributed by atoms with Gasteiger partial charge in [0.2, 0.25) is 0 Å². The van der Waals surface area contributed by atoms with Gasteiger partial charge in [-0.3, -0.25) is 0 Å². The molecule has 1 radical (unpaired) electrons. The molecule has 2 aromatic carbocycles. The topological polar surface area (TPSA) is 51.8 Å². The van der Waals surface area contributed by atoms with Crippen molar-refractivity contribution in [3.05, 3.63) is 109 Å². The summed E-state index contributed by atoms with van der Waals surface area (Å²) in [5.74, 6) is 0.606. The van der Waals surface area contributed by atoms with Crippen molar-refractivity contribution in [3.63, 3.8) is 0 Å². The van der Waals surface area contributed by atoms with E-state index >= 15 is 0 Å². The molecule has 235 valence electrons. The summed E-state index contributed by atoms with van der Waals surface area (Å²) in [6.45, 7) is 18.5. The quantitative estimate of drug-likeness (QED) is 0.125. The Hall–Kier alpha value is -3.44. The van der Waals surface area contributed by atoms with Gasteiger partial charge < -0.3 is 19.4 Å². The number of fused-ring (bicyclic) bond motifs is 3. The average Bonchev–Trinajstić information content (AvgIpc) is 3.35. The van der Waals surface area contributed by atoms with Gasteiger partial charge in [-0.2, -0.15) is 0 Å². The summed E-state index contributed by atoms with van der Waals surface area (Å²) < 4.78 is 6.05. The van der Waals surface area contributed by atoms with Crippen LogP contribution in [-0.2, 0) is 32.9 Å². The van der Waals surface area contributed by atoms with Crippen LogP contribution >= 0.6 is 0 Å². The SMILES string of the molecule is CC(C)(C)Cc1cc(-c2[c-]cccc2)ncc1[Si](C)(C)C.CC(C)Cc1ccnc(-c2[c-]ncc3c2oc2ccccc23)c1.[Ir]. The van der Waals surface area contributed by atoms with E-state index < -0.39 is 8.07 Å². The summed E-state index contributed by atoms with van der Waals surface area (Å²) in [6.07, 6.45) is 11.0. The molecule has 0 aliphatic heterocycles. The summed E-state index contributed by atoms with van der Waals surface area (Å²) in [5.41, 5.74) is 8.48. The van der Waals surface area contributed by atoms with Gasteiger partial charge in [-0.15, -0.1) is 35.9 Å². The maximum Gasteiger partial charge on any atom is 0.121 e. The van der Waals surface area contributed by atoms with Crippen LogP contribution in [0.5, 0.6) is 0 Å². The Morgan fingerprint density at radius 3 is 2.31 bits per heavy atom. The van der Waals surface area contributed by atoms with Crippen molar-refractivity contribution in [2.24, 2.45) is 11.3 Å². The van der Waals surface area contributed by atoms with Crippen LogP contribution in [0.2, 0.25) is 19.6 Å². The summed E-state index contributed by atoms with van der Waals surface area (Å²) in [4.78, 5) is 13.5. The van der Waals surface area contributed by atoms with Crippen molar-refractivity contribution in [1.82, 2.24) is 15.0 Å².